The van der Waals surface area contributed by atoms with Gasteiger partial charge in [-0.25, -0.2) is 9.59 Å². The molecular formula is C8H6Br2O5. The van der Waals surface area contributed by atoms with E-state index in [-0.39, 0.29) is 21.1 Å². The van der Waals surface area contributed by atoms with Crippen LogP contribution in [0, 0.1) is 0 Å². The quantitative estimate of drug-likeness (QED) is 0.854. The van der Waals surface area contributed by atoms with Gasteiger partial charge in [0.05, 0.1) is 11.1 Å². The number of aromatic carboxylic acids is 2. The Morgan fingerprint density at radius 2 is 1.33 bits per heavy atom. The summed E-state index contributed by atoms with van der Waals surface area (Å²) in [7, 11) is 0. The molecule has 0 unspecified atom stereocenters. The van der Waals surface area contributed by atoms with Crippen LogP contribution in [0.15, 0.2) is 21.1 Å². The number of hydrogen-bond acceptors (Lipinski definition) is 2. The molecule has 15 heavy (non-hydrogen) atoms. The summed E-state index contributed by atoms with van der Waals surface area (Å²) < 4.78 is 0.483. The number of hydrogen-bond donors (Lipinski definition) is 2. The highest BCUT2D eigenvalue weighted by atomic mass is 79.9. The molecule has 0 aliphatic heterocycles. The molecule has 82 valence electrons. The van der Waals surface area contributed by atoms with Crippen molar-refractivity contribution in [2.75, 3.05) is 0 Å². The van der Waals surface area contributed by atoms with Crippen molar-refractivity contribution < 1.29 is 25.3 Å². The first-order chi connectivity index (χ1) is 6.43. The van der Waals surface area contributed by atoms with Gasteiger partial charge in [-0.05, 0) is 28.1 Å². The van der Waals surface area contributed by atoms with Crippen LogP contribution in [0.4, 0.5) is 0 Å². The minimum atomic E-state index is -1.18. The number of halogens is 2. The van der Waals surface area contributed by atoms with Gasteiger partial charge in [-0.1, -0.05) is 15.9 Å². The Kier molecular flexibility index (Phi) is 4.92. The molecule has 0 heterocycles. The third-order valence-electron chi connectivity index (χ3n) is 1.50. The Morgan fingerprint density at radius 1 is 1.00 bits per heavy atom. The molecule has 4 N–H and O–H groups in total. The maximum atomic E-state index is 10.7. The Hall–Kier alpha value is -0.920. The summed E-state index contributed by atoms with van der Waals surface area (Å²) in [6.07, 6.45) is 0. The standard InChI is InChI=1S/C8H4Br2O4.H2O/c9-3-1-4(7(11)12)6(10)5(2-3)8(13)14;/h1-2H,(H,11,12)(H,13,14);1H2. The lowest BCUT2D eigenvalue weighted by Crippen LogP contribution is -2.04. The fourth-order valence-corrected chi connectivity index (χ4v) is 1.93. The second-order valence-electron chi connectivity index (χ2n) is 2.43. The number of carboxylic acid groups (broad SMARTS) is 2. The minimum absolute atomic E-state index is 0. The van der Waals surface area contributed by atoms with E-state index in [0.29, 0.717) is 4.47 Å². The second-order valence-corrected chi connectivity index (χ2v) is 4.13. The van der Waals surface area contributed by atoms with Crippen molar-refractivity contribution in [1.29, 1.82) is 0 Å². The molecule has 0 saturated heterocycles. The molecule has 1 rings (SSSR count). The summed E-state index contributed by atoms with van der Waals surface area (Å²) in [6, 6.07) is 2.66. The van der Waals surface area contributed by atoms with Gasteiger partial charge < -0.3 is 15.7 Å². The van der Waals surface area contributed by atoms with Gasteiger partial charge in [0.1, 0.15) is 0 Å². The molecule has 0 atom stereocenters. The van der Waals surface area contributed by atoms with Gasteiger partial charge in [0, 0.05) is 8.95 Å². The molecule has 7 heteroatoms. The first kappa shape index (κ1) is 14.1. The molecule has 1 aromatic rings. The lowest BCUT2D eigenvalue weighted by atomic mass is 10.1. The maximum absolute atomic E-state index is 10.7. The van der Waals surface area contributed by atoms with E-state index in [1.807, 2.05) is 0 Å². The topological polar surface area (TPSA) is 106 Å². The van der Waals surface area contributed by atoms with Gasteiger partial charge in [-0.15, -0.1) is 0 Å². The first-order valence-electron chi connectivity index (χ1n) is 3.39. The van der Waals surface area contributed by atoms with Crippen LogP contribution in [-0.2, 0) is 0 Å². The van der Waals surface area contributed by atoms with Crippen LogP contribution in [0.1, 0.15) is 20.7 Å². The van der Waals surface area contributed by atoms with E-state index in [2.05, 4.69) is 31.9 Å². The molecule has 0 spiro atoms. The van der Waals surface area contributed by atoms with Crippen LogP contribution in [0.25, 0.3) is 0 Å². The molecule has 1 aromatic carbocycles. The van der Waals surface area contributed by atoms with Crippen LogP contribution >= 0.6 is 31.9 Å². The van der Waals surface area contributed by atoms with Crippen LogP contribution in [0.5, 0.6) is 0 Å². The summed E-state index contributed by atoms with van der Waals surface area (Å²) in [5.74, 6) is -2.36. The lowest BCUT2D eigenvalue weighted by molar-refractivity contribution is 0.0696. The Labute approximate surface area is 101 Å². The van der Waals surface area contributed by atoms with E-state index in [1.54, 1.807) is 0 Å². The molecule has 0 bridgehead atoms. The van der Waals surface area contributed by atoms with Gasteiger partial charge in [-0.3, -0.25) is 0 Å². The highest BCUT2D eigenvalue weighted by molar-refractivity contribution is 9.11. The zero-order valence-electron chi connectivity index (χ0n) is 7.12. The molecule has 0 saturated carbocycles. The molecule has 0 fully saturated rings. The Bertz CT molecular complexity index is 380. The zero-order chi connectivity index (χ0) is 10.9. The van der Waals surface area contributed by atoms with E-state index >= 15 is 0 Å². The average Bonchev–Trinajstić information content (AvgIpc) is 2.07. The van der Waals surface area contributed by atoms with E-state index in [0.717, 1.165) is 0 Å². The molecular weight excluding hydrogens is 336 g/mol. The Morgan fingerprint density at radius 3 is 1.60 bits per heavy atom. The van der Waals surface area contributed by atoms with E-state index in [9.17, 15) is 9.59 Å². The van der Waals surface area contributed by atoms with Crippen molar-refractivity contribution in [3.05, 3.63) is 32.2 Å². The molecule has 0 aromatic heterocycles. The largest absolute Gasteiger partial charge is 0.478 e. The maximum Gasteiger partial charge on any atom is 0.336 e. The van der Waals surface area contributed by atoms with Gasteiger partial charge in [0.15, 0.2) is 0 Å². The van der Waals surface area contributed by atoms with E-state index < -0.39 is 11.9 Å². The van der Waals surface area contributed by atoms with Crippen LogP contribution in [0.3, 0.4) is 0 Å². The normalized spacial score (nSPS) is 9.20. The molecule has 0 amide bonds. The summed E-state index contributed by atoms with van der Waals surface area (Å²) in [5.41, 5.74) is -0.173. The first-order valence-corrected chi connectivity index (χ1v) is 4.97. The van der Waals surface area contributed by atoms with Crippen LogP contribution in [-0.4, -0.2) is 27.6 Å². The summed E-state index contributed by atoms with van der Waals surface area (Å²) >= 11 is 5.97. The molecule has 0 aliphatic rings. The predicted octanol–water partition coefficient (Wildman–Crippen LogP) is 1.78. The van der Waals surface area contributed by atoms with Gasteiger partial charge >= 0.3 is 11.9 Å². The third-order valence-corrected chi connectivity index (χ3v) is 2.81. The smallest absolute Gasteiger partial charge is 0.336 e. The fourth-order valence-electron chi connectivity index (χ4n) is 0.900. The molecule has 0 radical (unpaired) electrons. The highest BCUT2D eigenvalue weighted by Gasteiger charge is 2.17. The SMILES string of the molecule is O.O=C(O)c1cc(Br)cc(C(=O)O)c1Br. The van der Waals surface area contributed by atoms with E-state index in [4.69, 9.17) is 10.2 Å². The van der Waals surface area contributed by atoms with Crippen LogP contribution < -0.4 is 0 Å². The number of carbonyl (C=O) groups is 2. The average molecular weight is 342 g/mol. The Balaban J connectivity index is 0.00000196. The van der Waals surface area contributed by atoms with Crippen molar-refractivity contribution >= 4 is 43.8 Å². The van der Waals surface area contributed by atoms with Gasteiger partial charge in [0.25, 0.3) is 0 Å². The second kappa shape index (κ2) is 5.24. The van der Waals surface area contributed by atoms with Crippen molar-refractivity contribution in [2.45, 2.75) is 0 Å². The minimum Gasteiger partial charge on any atom is -0.478 e. The zero-order valence-corrected chi connectivity index (χ0v) is 10.3. The van der Waals surface area contributed by atoms with Crippen molar-refractivity contribution in [3.63, 3.8) is 0 Å². The van der Waals surface area contributed by atoms with Gasteiger partial charge in [0.2, 0.25) is 0 Å². The molecule has 0 aliphatic carbocycles. The predicted molar refractivity (Wildman–Crippen MR) is 59.4 cm³/mol. The van der Waals surface area contributed by atoms with Crippen LogP contribution in [0.2, 0.25) is 0 Å². The van der Waals surface area contributed by atoms with Crippen molar-refractivity contribution in [3.8, 4) is 0 Å². The van der Waals surface area contributed by atoms with Crippen molar-refractivity contribution in [2.24, 2.45) is 0 Å². The molecule has 5 nitrogen and oxygen atoms in total. The van der Waals surface area contributed by atoms with E-state index in [1.165, 1.54) is 12.1 Å². The number of carboxylic acids is 2. The van der Waals surface area contributed by atoms with Crippen molar-refractivity contribution in [1.82, 2.24) is 0 Å². The third kappa shape index (κ3) is 3.01. The lowest BCUT2D eigenvalue weighted by Gasteiger charge is -2.04. The fraction of sp³-hybridized carbons (Fsp3) is 0. The monoisotopic (exact) mass is 340 g/mol. The summed E-state index contributed by atoms with van der Waals surface area (Å²) in [6.45, 7) is 0. The number of benzene rings is 1. The summed E-state index contributed by atoms with van der Waals surface area (Å²) in [4.78, 5) is 21.4. The highest BCUT2D eigenvalue weighted by Crippen LogP contribution is 2.26. The number of rotatable bonds is 2. The summed E-state index contributed by atoms with van der Waals surface area (Å²) in [5, 5.41) is 17.5. The van der Waals surface area contributed by atoms with Gasteiger partial charge in [-0.2, -0.15) is 0 Å².